The van der Waals surface area contributed by atoms with Gasteiger partial charge in [-0.05, 0) is 43.9 Å². The van der Waals surface area contributed by atoms with Crippen LogP contribution in [0.3, 0.4) is 0 Å². The summed E-state index contributed by atoms with van der Waals surface area (Å²) >= 11 is 6.11. The highest BCUT2D eigenvalue weighted by molar-refractivity contribution is 6.29. The average molecular weight is 345 g/mol. The lowest BCUT2D eigenvalue weighted by Gasteiger charge is -2.18. The molecule has 0 saturated carbocycles. The van der Waals surface area contributed by atoms with Gasteiger partial charge in [0, 0.05) is 12.2 Å². The largest absolute Gasteiger partial charge is 0.334 e. The van der Waals surface area contributed by atoms with E-state index in [0.717, 1.165) is 24.0 Å². The van der Waals surface area contributed by atoms with Crippen molar-refractivity contribution in [1.82, 2.24) is 9.55 Å². The molecule has 0 saturated heterocycles. The van der Waals surface area contributed by atoms with E-state index in [0.29, 0.717) is 11.3 Å². The fourth-order valence-electron chi connectivity index (χ4n) is 2.85. The molecular formula is C18H21ClN4O. The molecule has 0 amide bonds. The molecule has 1 aromatic heterocycles. The van der Waals surface area contributed by atoms with Crippen LogP contribution in [0.25, 0.3) is 0 Å². The summed E-state index contributed by atoms with van der Waals surface area (Å²) in [5.41, 5.74) is 2.69. The molecular weight excluding hydrogens is 324 g/mol. The lowest BCUT2D eigenvalue weighted by molar-refractivity contribution is 0.457. The molecule has 24 heavy (non-hydrogen) atoms. The molecule has 0 unspecified atom stereocenters. The molecule has 0 atom stereocenters. The van der Waals surface area contributed by atoms with Gasteiger partial charge >= 0.3 is 0 Å². The van der Waals surface area contributed by atoms with Crippen molar-refractivity contribution in [2.24, 2.45) is 0 Å². The minimum atomic E-state index is -0.239. The summed E-state index contributed by atoms with van der Waals surface area (Å²) < 4.78 is 1.62. The number of hydrogen-bond acceptors (Lipinski definition) is 4. The molecule has 2 aromatic rings. The minimum absolute atomic E-state index is 0.0631. The third-order valence-corrected chi connectivity index (χ3v) is 4.26. The van der Waals surface area contributed by atoms with E-state index < -0.39 is 0 Å². The normalized spacial score (nSPS) is 10.7. The molecule has 2 rings (SSSR count). The summed E-state index contributed by atoms with van der Waals surface area (Å²) in [6.45, 7) is 7.87. The Labute approximate surface area is 146 Å². The molecule has 1 N–H and O–H groups in total. The van der Waals surface area contributed by atoms with Gasteiger partial charge in [0.05, 0.1) is 11.3 Å². The summed E-state index contributed by atoms with van der Waals surface area (Å²) in [6, 6.07) is 5.95. The Hall–Kier alpha value is -2.32. The summed E-state index contributed by atoms with van der Waals surface area (Å²) in [5.74, 6) is 0.137. The van der Waals surface area contributed by atoms with E-state index in [1.165, 1.54) is 0 Å². The first-order valence-corrected chi connectivity index (χ1v) is 8.36. The number of anilines is 2. The first-order chi connectivity index (χ1) is 11.4. The van der Waals surface area contributed by atoms with Gasteiger partial charge in [-0.2, -0.15) is 5.26 Å². The first-order valence-electron chi connectivity index (χ1n) is 7.98. The lowest BCUT2D eigenvalue weighted by Crippen LogP contribution is -2.27. The number of benzene rings is 1. The number of nitrogens with one attached hydrogen (secondary N) is 1. The smallest absolute Gasteiger partial charge is 0.294 e. The van der Waals surface area contributed by atoms with Gasteiger partial charge in [-0.3, -0.25) is 4.79 Å². The second-order valence-corrected chi connectivity index (χ2v) is 6.22. The molecule has 0 spiro atoms. The van der Waals surface area contributed by atoms with Crippen molar-refractivity contribution >= 4 is 23.1 Å². The topological polar surface area (TPSA) is 70.7 Å². The standard InChI is InChI=1S/C18H21ClN4O/c1-5-14(6-2)23-10-15(19)21-17(18(23)24)22-16-12(4)7-11(3)8-13(16)9-20/h7-8,10,14H,5-6H2,1-4H3,(H,21,22). The Bertz CT molecular complexity index is 847. The molecule has 0 aliphatic carbocycles. The molecule has 1 heterocycles. The van der Waals surface area contributed by atoms with E-state index >= 15 is 0 Å². The number of nitriles is 1. The van der Waals surface area contributed by atoms with E-state index in [1.807, 2.05) is 33.8 Å². The summed E-state index contributed by atoms with van der Waals surface area (Å²) in [5, 5.41) is 12.6. The summed E-state index contributed by atoms with van der Waals surface area (Å²) in [7, 11) is 0. The van der Waals surface area contributed by atoms with Crippen LogP contribution in [-0.2, 0) is 0 Å². The Morgan fingerprint density at radius 2 is 2.00 bits per heavy atom. The van der Waals surface area contributed by atoms with Gasteiger partial charge in [0.2, 0.25) is 0 Å². The van der Waals surface area contributed by atoms with Crippen molar-refractivity contribution in [3.8, 4) is 6.07 Å². The van der Waals surface area contributed by atoms with E-state index in [9.17, 15) is 10.1 Å². The number of halogens is 1. The SMILES string of the molecule is CCC(CC)n1cc(Cl)nc(Nc2c(C)cc(C)cc2C#N)c1=O. The fraction of sp³-hybridized carbons (Fsp3) is 0.389. The summed E-state index contributed by atoms with van der Waals surface area (Å²) in [4.78, 5) is 16.9. The van der Waals surface area contributed by atoms with Crippen LogP contribution in [0, 0.1) is 25.2 Å². The zero-order valence-electron chi connectivity index (χ0n) is 14.4. The van der Waals surface area contributed by atoms with Crippen molar-refractivity contribution in [3.05, 3.63) is 50.5 Å². The molecule has 0 aliphatic rings. The van der Waals surface area contributed by atoms with Crippen LogP contribution in [0.2, 0.25) is 5.15 Å². The maximum atomic E-state index is 12.8. The van der Waals surface area contributed by atoms with Crippen LogP contribution in [0.5, 0.6) is 0 Å². The Morgan fingerprint density at radius 1 is 1.33 bits per heavy atom. The van der Waals surface area contributed by atoms with Gasteiger partial charge in [0.1, 0.15) is 11.2 Å². The Kier molecular flexibility index (Phi) is 5.63. The molecule has 1 aromatic carbocycles. The van der Waals surface area contributed by atoms with Crippen molar-refractivity contribution < 1.29 is 0 Å². The predicted octanol–water partition coefficient (Wildman–Crippen LogP) is 4.49. The number of nitrogens with zero attached hydrogens (tertiary/aromatic N) is 3. The average Bonchev–Trinajstić information content (AvgIpc) is 2.54. The Balaban J connectivity index is 2.56. The third kappa shape index (κ3) is 3.60. The van der Waals surface area contributed by atoms with Gasteiger partial charge in [-0.15, -0.1) is 0 Å². The van der Waals surface area contributed by atoms with Crippen LogP contribution in [0.4, 0.5) is 11.5 Å². The molecule has 0 fully saturated rings. The van der Waals surface area contributed by atoms with Gasteiger partial charge in [-0.25, -0.2) is 4.98 Å². The zero-order valence-corrected chi connectivity index (χ0v) is 15.1. The molecule has 5 nitrogen and oxygen atoms in total. The van der Waals surface area contributed by atoms with Crippen LogP contribution >= 0.6 is 11.6 Å². The Morgan fingerprint density at radius 3 is 2.58 bits per heavy atom. The fourth-order valence-corrected chi connectivity index (χ4v) is 3.04. The van der Waals surface area contributed by atoms with Crippen molar-refractivity contribution in [2.45, 2.75) is 46.6 Å². The third-order valence-electron chi connectivity index (χ3n) is 4.08. The van der Waals surface area contributed by atoms with Crippen LogP contribution < -0.4 is 10.9 Å². The molecule has 126 valence electrons. The number of hydrogen-bond donors (Lipinski definition) is 1. The van der Waals surface area contributed by atoms with Gasteiger partial charge in [-0.1, -0.05) is 31.5 Å². The highest BCUT2D eigenvalue weighted by Crippen LogP contribution is 2.25. The van der Waals surface area contributed by atoms with Crippen molar-refractivity contribution in [3.63, 3.8) is 0 Å². The second kappa shape index (κ2) is 7.50. The molecule has 0 aliphatic heterocycles. The van der Waals surface area contributed by atoms with Gasteiger partial charge in [0.15, 0.2) is 5.82 Å². The monoisotopic (exact) mass is 344 g/mol. The molecule has 6 heteroatoms. The van der Waals surface area contributed by atoms with Crippen LogP contribution in [0.15, 0.2) is 23.1 Å². The maximum Gasteiger partial charge on any atom is 0.294 e. The molecule has 0 radical (unpaired) electrons. The van der Waals surface area contributed by atoms with Crippen LogP contribution in [0.1, 0.15) is 49.4 Å². The number of aryl methyl sites for hydroxylation is 2. The van der Waals surface area contributed by atoms with Gasteiger partial charge in [0.25, 0.3) is 5.56 Å². The summed E-state index contributed by atoms with van der Waals surface area (Å²) in [6.07, 6.45) is 3.21. The van der Waals surface area contributed by atoms with E-state index in [-0.39, 0.29) is 22.6 Å². The quantitative estimate of drug-likeness (QED) is 0.867. The van der Waals surface area contributed by atoms with E-state index in [1.54, 1.807) is 16.8 Å². The number of aromatic nitrogens is 2. The highest BCUT2D eigenvalue weighted by Gasteiger charge is 2.16. The lowest BCUT2D eigenvalue weighted by atomic mass is 10.0. The van der Waals surface area contributed by atoms with Crippen molar-refractivity contribution in [2.75, 3.05) is 5.32 Å². The molecule has 0 bridgehead atoms. The second-order valence-electron chi connectivity index (χ2n) is 5.84. The predicted molar refractivity (Wildman–Crippen MR) is 97.0 cm³/mol. The maximum absolute atomic E-state index is 12.8. The van der Waals surface area contributed by atoms with Crippen LogP contribution in [-0.4, -0.2) is 9.55 Å². The minimum Gasteiger partial charge on any atom is -0.334 e. The zero-order chi connectivity index (χ0) is 17.9. The highest BCUT2D eigenvalue weighted by atomic mass is 35.5. The first kappa shape index (κ1) is 18.0. The van der Waals surface area contributed by atoms with E-state index in [4.69, 9.17) is 11.6 Å². The number of rotatable bonds is 5. The van der Waals surface area contributed by atoms with Gasteiger partial charge < -0.3 is 9.88 Å². The van der Waals surface area contributed by atoms with E-state index in [2.05, 4.69) is 16.4 Å². The van der Waals surface area contributed by atoms with Crippen molar-refractivity contribution in [1.29, 1.82) is 5.26 Å².